The first-order chi connectivity index (χ1) is 14.9. The van der Waals surface area contributed by atoms with Crippen molar-refractivity contribution >= 4 is 22.6 Å². The minimum atomic E-state index is -1.26. The average Bonchev–Trinajstić information content (AvgIpc) is 3.12. The van der Waals surface area contributed by atoms with E-state index >= 15 is 0 Å². The predicted molar refractivity (Wildman–Crippen MR) is 108 cm³/mol. The molecule has 0 aliphatic carbocycles. The highest BCUT2D eigenvalue weighted by atomic mass is 19.1. The summed E-state index contributed by atoms with van der Waals surface area (Å²) in [6.07, 6.45) is 3.04. The number of rotatable bonds is 6. The topological polar surface area (TPSA) is 117 Å². The van der Waals surface area contributed by atoms with E-state index in [2.05, 4.69) is 5.10 Å². The van der Waals surface area contributed by atoms with E-state index < -0.39 is 22.4 Å². The van der Waals surface area contributed by atoms with Crippen molar-refractivity contribution < 1.29 is 28.7 Å². The molecule has 0 bridgehead atoms. The molecule has 1 saturated heterocycles. The van der Waals surface area contributed by atoms with Crippen molar-refractivity contribution in [2.75, 3.05) is 6.61 Å². The summed E-state index contributed by atoms with van der Waals surface area (Å²) in [5.74, 6) is -2.61. The van der Waals surface area contributed by atoms with Gasteiger partial charge in [0.1, 0.15) is 11.3 Å². The number of nitrogens with zero attached hydrogens (tertiary/aromatic N) is 3. The van der Waals surface area contributed by atoms with Crippen molar-refractivity contribution in [2.45, 2.75) is 38.8 Å². The number of hydrogen-bond acceptors (Lipinski definition) is 6. The predicted octanol–water partition coefficient (Wildman–Crippen LogP) is 4.84. The summed E-state index contributed by atoms with van der Waals surface area (Å²) in [6, 6.07) is 5.88. The molecule has 9 nitrogen and oxygen atoms in total. The van der Waals surface area contributed by atoms with Crippen LogP contribution in [0.5, 0.6) is 11.5 Å². The lowest BCUT2D eigenvalue weighted by Crippen LogP contribution is -2.19. The van der Waals surface area contributed by atoms with E-state index in [0.717, 1.165) is 43.2 Å². The van der Waals surface area contributed by atoms with Gasteiger partial charge in [-0.1, -0.05) is 6.92 Å². The Morgan fingerprint density at radius 3 is 2.77 bits per heavy atom. The van der Waals surface area contributed by atoms with Crippen molar-refractivity contribution in [1.29, 1.82) is 0 Å². The molecule has 162 valence electrons. The number of benzene rings is 2. The first-order valence-corrected chi connectivity index (χ1v) is 9.91. The molecule has 0 amide bonds. The minimum Gasteiger partial charge on any atom is -0.478 e. The van der Waals surface area contributed by atoms with Crippen LogP contribution in [0.15, 0.2) is 30.3 Å². The zero-order valence-corrected chi connectivity index (χ0v) is 16.7. The quantitative estimate of drug-likeness (QED) is 0.440. The fourth-order valence-corrected chi connectivity index (χ4v) is 3.68. The summed E-state index contributed by atoms with van der Waals surface area (Å²) >= 11 is 0. The van der Waals surface area contributed by atoms with Gasteiger partial charge in [-0.15, -0.1) is 0 Å². The Hall–Kier alpha value is -3.53. The number of ether oxygens (including phenoxy) is 2. The molecule has 1 unspecified atom stereocenters. The molecule has 4 rings (SSSR count). The first kappa shape index (κ1) is 20.7. The maximum Gasteiger partial charge on any atom is 0.339 e. The van der Waals surface area contributed by atoms with E-state index in [-0.39, 0.29) is 23.3 Å². The zero-order valence-electron chi connectivity index (χ0n) is 16.7. The molecule has 1 N–H and O–H groups in total. The third-order valence-electron chi connectivity index (χ3n) is 5.22. The van der Waals surface area contributed by atoms with Crippen LogP contribution >= 0.6 is 0 Å². The summed E-state index contributed by atoms with van der Waals surface area (Å²) < 4.78 is 27.4. The van der Waals surface area contributed by atoms with Gasteiger partial charge in [-0.3, -0.25) is 10.1 Å². The number of halogens is 1. The third kappa shape index (κ3) is 3.93. The molecule has 0 radical (unpaired) electrons. The number of nitro benzene ring substituents is 1. The molecule has 10 heteroatoms. The number of non-ortho nitro benzene ring substituents is 1. The fourth-order valence-electron chi connectivity index (χ4n) is 3.68. The molecule has 2 aromatic carbocycles. The monoisotopic (exact) mass is 429 g/mol. The SMILES string of the molecule is CCc1nn(C2CCCCO2)c2cc(C(=O)O)c(Oc3ccc([N+](=O)[O-])cc3F)cc12. The van der Waals surface area contributed by atoms with Crippen LogP contribution in [-0.2, 0) is 11.2 Å². The standard InChI is InChI=1S/C21H20FN3O6/c1-2-16-13-11-19(31-18-7-6-12(25(28)29)9-15(18)22)14(21(26)27)10-17(13)24(23-16)20-5-3-4-8-30-20/h6-7,9-11,20H,2-5,8H2,1H3,(H,26,27). The van der Waals surface area contributed by atoms with Gasteiger partial charge >= 0.3 is 5.97 Å². The van der Waals surface area contributed by atoms with Crippen LogP contribution in [0.2, 0.25) is 0 Å². The number of hydrogen-bond donors (Lipinski definition) is 1. The van der Waals surface area contributed by atoms with Gasteiger partial charge in [-0.2, -0.15) is 5.10 Å². The zero-order chi connectivity index (χ0) is 22.1. The molecule has 1 aliphatic heterocycles. The van der Waals surface area contributed by atoms with E-state index in [1.807, 2.05) is 6.92 Å². The van der Waals surface area contributed by atoms with E-state index in [1.165, 1.54) is 12.1 Å². The smallest absolute Gasteiger partial charge is 0.339 e. The number of carbonyl (C=O) groups is 1. The van der Waals surface area contributed by atoms with Gasteiger partial charge in [0.25, 0.3) is 5.69 Å². The number of nitro groups is 1. The van der Waals surface area contributed by atoms with Gasteiger partial charge in [0.05, 0.1) is 22.2 Å². The molecule has 31 heavy (non-hydrogen) atoms. The summed E-state index contributed by atoms with van der Waals surface area (Å²) in [7, 11) is 0. The number of aromatic carboxylic acids is 1. The van der Waals surface area contributed by atoms with Crippen molar-refractivity contribution in [3.63, 3.8) is 0 Å². The molecule has 0 saturated carbocycles. The summed E-state index contributed by atoms with van der Waals surface area (Å²) in [4.78, 5) is 22.0. The fraction of sp³-hybridized carbons (Fsp3) is 0.333. The number of fused-ring (bicyclic) bond motifs is 1. The normalized spacial score (nSPS) is 16.4. The number of carboxylic acid groups (broad SMARTS) is 1. The van der Waals surface area contributed by atoms with Gasteiger partial charge in [-0.05, 0) is 43.9 Å². The van der Waals surface area contributed by atoms with Crippen LogP contribution in [-0.4, -0.2) is 32.4 Å². The Balaban J connectivity index is 1.81. The lowest BCUT2D eigenvalue weighted by molar-refractivity contribution is -0.385. The lowest BCUT2D eigenvalue weighted by atomic mass is 10.1. The molecule has 0 spiro atoms. The van der Waals surface area contributed by atoms with Gasteiger partial charge < -0.3 is 14.6 Å². The van der Waals surface area contributed by atoms with Gasteiger partial charge in [0.15, 0.2) is 17.8 Å². The number of aromatic nitrogens is 2. The van der Waals surface area contributed by atoms with Crippen LogP contribution in [0.4, 0.5) is 10.1 Å². The summed E-state index contributed by atoms with van der Waals surface area (Å²) in [5, 5.41) is 25.8. The molecule has 1 aromatic heterocycles. The maximum absolute atomic E-state index is 14.3. The van der Waals surface area contributed by atoms with Crippen molar-refractivity contribution in [1.82, 2.24) is 9.78 Å². The van der Waals surface area contributed by atoms with E-state index in [4.69, 9.17) is 9.47 Å². The van der Waals surface area contributed by atoms with Crippen LogP contribution in [0, 0.1) is 15.9 Å². The third-order valence-corrected chi connectivity index (χ3v) is 5.22. The van der Waals surface area contributed by atoms with Crippen molar-refractivity contribution in [3.05, 3.63) is 57.5 Å². The Bertz CT molecular complexity index is 1170. The minimum absolute atomic E-state index is 0.0773. The first-order valence-electron chi connectivity index (χ1n) is 9.91. The van der Waals surface area contributed by atoms with Crippen LogP contribution < -0.4 is 4.74 Å². The molecule has 1 atom stereocenters. The van der Waals surface area contributed by atoms with Gasteiger partial charge in [0, 0.05) is 18.1 Å². The Morgan fingerprint density at radius 1 is 1.35 bits per heavy atom. The van der Waals surface area contributed by atoms with E-state index in [9.17, 15) is 24.4 Å². The largest absolute Gasteiger partial charge is 0.478 e. The van der Waals surface area contributed by atoms with Crippen molar-refractivity contribution in [2.24, 2.45) is 0 Å². The Kier molecular flexibility index (Phi) is 5.55. The van der Waals surface area contributed by atoms with Crippen LogP contribution in [0.3, 0.4) is 0 Å². The second-order valence-electron chi connectivity index (χ2n) is 7.21. The van der Waals surface area contributed by atoms with Crippen molar-refractivity contribution in [3.8, 4) is 11.5 Å². The molecular formula is C21H20FN3O6. The van der Waals surface area contributed by atoms with E-state index in [1.54, 1.807) is 4.68 Å². The second-order valence-corrected chi connectivity index (χ2v) is 7.21. The molecule has 3 aromatic rings. The number of aryl methyl sites for hydroxylation is 1. The average molecular weight is 429 g/mol. The van der Waals surface area contributed by atoms with Gasteiger partial charge in [-0.25, -0.2) is 13.9 Å². The summed E-state index contributed by atoms with van der Waals surface area (Å²) in [6.45, 7) is 2.54. The summed E-state index contributed by atoms with van der Waals surface area (Å²) in [5.41, 5.74) is 0.721. The molecular weight excluding hydrogens is 409 g/mol. The highest BCUT2D eigenvalue weighted by molar-refractivity contribution is 5.97. The Labute approximate surface area is 176 Å². The highest BCUT2D eigenvalue weighted by Crippen LogP contribution is 2.36. The molecule has 1 fully saturated rings. The number of carboxylic acids is 1. The second kappa shape index (κ2) is 8.31. The molecule has 2 heterocycles. The van der Waals surface area contributed by atoms with Gasteiger partial charge in [0.2, 0.25) is 0 Å². The van der Waals surface area contributed by atoms with E-state index in [0.29, 0.717) is 23.9 Å². The lowest BCUT2D eigenvalue weighted by Gasteiger charge is -2.23. The maximum atomic E-state index is 14.3. The van der Waals surface area contributed by atoms with Crippen LogP contribution in [0.1, 0.15) is 48.5 Å². The van der Waals surface area contributed by atoms with Crippen LogP contribution in [0.25, 0.3) is 10.9 Å². The highest BCUT2D eigenvalue weighted by Gasteiger charge is 2.24. The molecule has 1 aliphatic rings. The Morgan fingerprint density at radius 2 is 2.16 bits per heavy atom.